The summed E-state index contributed by atoms with van der Waals surface area (Å²) in [6, 6.07) is 5.65. The molecular formula is C15H18ClN3O2. The van der Waals surface area contributed by atoms with Crippen LogP contribution in [0.3, 0.4) is 0 Å². The summed E-state index contributed by atoms with van der Waals surface area (Å²) in [6.45, 7) is 3.13. The van der Waals surface area contributed by atoms with Crippen LogP contribution in [-0.4, -0.2) is 24.2 Å². The Morgan fingerprint density at radius 1 is 1.14 bits per heavy atom. The van der Waals surface area contributed by atoms with Gasteiger partial charge in [0.05, 0.1) is 24.9 Å². The second-order valence-corrected chi connectivity index (χ2v) is 4.85. The Balaban J connectivity index is 2.03. The molecule has 0 radical (unpaired) electrons. The molecule has 0 atom stereocenters. The van der Waals surface area contributed by atoms with E-state index >= 15 is 0 Å². The largest absolute Gasteiger partial charge is 0.493 e. The average Bonchev–Trinajstić information content (AvgIpc) is 2.48. The predicted octanol–water partition coefficient (Wildman–Crippen LogP) is 2.75. The van der Waals surface area contributed by atoms with Crippen molar-refractivity contribution < 1.29 is 9.47 Å². The summed E-state index contributed by atoms with van der Waals surface area (Å²) >= 11 is 6.33. The van der Waals surface area contributed by atoms with Crippen LogP contribution in [0.4, 0.5) is 0 Å². The first-order valence-electron chi connectivity index (χ1n) is 6.54. The molecule has 0 fully saturated rings. The lowest BCUT2D eigenvalue weighted by Gasteiger charge is -2.13. The van der Waals surface area contributed by atoms with E-state index in [1.807, 2.05) is 25.1 Å². The van der Waals surface area contributed by atoms with E-state index in [1.54, 1.807) is 20.4 Å². The molecule has 1 N–H and O–H groups in total. The topological polar surface area (TPSA) is 56.3 Å². The number of nitrogens with zero attached hydrogens (tertiary/aromatic N) is 2. The van der Waals surface area contributed by atoms with E-state index in [9.17, 15) is 0 Å². The van der Waals surface area contributed by atoms with Crippen molar-refractivity contribution in [3.05, 3.63) is 46.5 Å². The Morgan fingerprint density at radius 2 is 1.95 bits per heavy atom. The normalized spacial score (nSPS) is 10.5. The maximum absolute atomic E-state index is 6.33. The third kappa shape index (κ3) is 3.83. The molecule has 1 aromatic carbocycles. The Kier molecular flexibility index (Phi) is 5.36. The molecule has 1 aromatic heterocycles. The van der Waals surface area contributed by atoms with Gasteiger partial charge in [-0.3, -0.25) is 0 Å². The molecule has 1 heterocycles. The summed E-state index contributed by atoms with van der Waals surface area (Å²) in [5.74, 6) is 1.94. The highest BCUT2D eigenvalue weighted by Gasteiger charge is 2.12. The second-order valence-electron chi connectivity index (χ2n) is 4.47. The Morgan fingerprint density at radius 3 is 2.62 bits per heavy atom. The van der Waals surface area contributed by atoms with E-state index in [0.717, 1.165) is 17.1 Å². The molecule has 0 unspecified atom stereocenters. The van der Waals surface area contributed by atoms with Crippen LogP contribution in [-0.2, 0) is 13.1 Å². The van der Waals surface area contributed by atoms with Gasteiger partial charge in [-0.25, -0.2) is 9.97 Å². The number of methoxy groups -OCH3 is 2. The minimum atomic E-state index is 0.552. The molecule has 0 aliphatic carbocycles. The minimum absolute atomic E-state index is 0.552. The van der Waals surface area contributed by atoms with Crippen LogP contribution in [0, 0.1) is 6.92 Å². The molecule has 0 aliphatic heterocycles. The van der Waals surface area contributed by atoms with Crippen molar-refractivity contribution in [2.45, 2.75) is 20.0 Å². The lowest BCUT2D eigenvalue weighted by atomic mass is 10.2. The number of halogens is 1. The van der Waals surface area contributed by atoms with Crippen molar-refractivity contribution >= 4 is 11.6 Å². The summed E-state index contributed by atoms with van der Waals surface area (Å²) in [7, 11) is 3.16. The highest BCUT2D eigenvalue weighted by Crippen LogP contribution is 2.37. The molecule has 0 aliphatic rings. The molecule has 6 heteroatoms. The van der Waals surface area contributed by atoms with Crippen molar-refractivity contribution in [1.29, 1.82) is 0 Å². The summed E-state index contributed by atoms with van der Waals surface area (Å²) in [4.78, 5) is 8.41. The van der Waals surface area contributed by atoms with E-state index in [0.29, 0.717) is 29.6 Å². The molecule has 21 heavy (non-hydrogen) atoms. The van der Waals surface area contributed by atoms with Gasteiger partial charge in [0.2, 0.25) is 0 Å². The smallest absolute Gasteiger partial charge is 0.179 e. The van der Waals surface area contributed by atoms with Crippen molar-refractivity contribution in [2.24, 2.45) is 0 Å². The molecule has 2 aromatic rings. The van der Waals surface area contributed by atoms with Gasteiger partial charge in [0.1, 0.15) is 5.82 Å². The third-order valence-electron chi connectivity index (χ3n) is 3.02. The quantitative estimate of drug-likeness (QED) is 0.889. The fourth-order valence-corrected chi connectivity index (χ4v) is 2.30. The van der Waals surface area contributed by atoms with E-state index < -0.39 is 0 Å². The van der Waals surface area contributed by atoms with Crippen LogP contribution in [0.1, 0.15) is 17.1 Å². The lowest BCUT2D eigenvalue weighted by Crippen LogP contribution is -2.14. The molecule has 0 saturated carbocycles. The highest BCUT2D eigenvalue weighted by molar-refractivity contribution is 6.33. The zero-order valence-electron chi connectivity index (χ0n) is 12.3. The lowest BCUT2D eigenvalue weighted by molar-refractivity contribution is 0.354. The maximum atomic E-state index is 6.33. The van der Waals surface area contributed by atoms with Gasteiger partial charge in [-0.15, -0.1) is 0 Å². The fourth-order valence-electron chi connectivity index (χ4n) is 2.00. The number of ether oxygens (including phenoxy) is 2. The Hall–Kier alpha value is -1.85. The van der Waals surface area contributed by atoms with Crippen LogP contribution in [0.15, 0.2) is 24.4 Å². The van der Waals surface area contributed by atoms with Gasteiger partial charge in [0.25, 0.3) is 0 Å². The second kappa shape index (κ2) is 7.24. The van der Waals surface area contributed by atoms with Gasteiger partial charge in [-0.05, 0) is 24.6 Å². The van der Waals surface area contributed by atoms with Crippen LogP contribution >= 0.6 is 11.6 Å². The first-order chi connectivity index (χ1) is 10.2. The molecular weight excluding hydrogens is 290 g/mol. The van der Waals surface area contributed by atoms with Crippen molar-refractivity contribution in [1.82, 2.24) is 15.3 Å². The summed E-state index contributed by atoms with van der Waals surface area (Å²) in [5.41, 5.74) is 1.89. The number of hydrogen-bond donors (Lipinski definition) is 1. The number of hydrogen-bond acceptors (Lipinski definition) is 5. The predicted molar refractivity (Wildman–Crippen MR) is 81.9 cm³/mol. The van der Waals surface area contributed by atoms with Gasteiger partial charge in [0, 0.05) is 19.3 Å². The van der Waals surface area contributed by atoms with Crippen LogP contribution in [0.25, 0.3) is 0 Å². The van der Waals surface area contributed by atoms with Gasteiger partial charge in [-0.1, -0.05) is 17.7 Å². The van der Waals surface area contributed by atoms with Gasteiger partial charge in [-0.2, -0.15) is 0 Å². The zero-order chi connectivity index (χ0) is 15.2. The molecule has 0 bridgehead atoms. The van der Waals surface area contributed by atoms with Crippen LogP contribution < -0.4 is 14.8 Å². The van der Waals surface area contributed by atoms with Crippen LogP contribution in [0.5, 0.6) is 11.5 Å². The first kappa shape index (κ1) is 15.5. The molecule has 5 nitrogen and oxygen atoms in total. The SMILES string of the molecule is COc1ccc(CNCc2ccnc(C)n2)c(Cl)c1OC. The van der Waals surface area contributed by atoms with E-state index in [1.165, 1.54) is 0 Å². The van der Waals surface area contributed by atoms with Crippen molar-refractivity contribution in [2.75, 3.05) is 14.2 Å². The number of nitrogens with one attached hydrogen (secondary N) is 1. The number of rotatable bonds is 6. The third-order valence-corrected chi connectivity index (χ3v) is 3.43. The standard InChI is InChI=1S/C15H18ClN3O2/c1-10-18-7-6-12(19-10)9-17-8-11-4-5-13(20-2)15(21-3)14(11)16/h4-7,17H,8-9H2,1-3H3. The monoisotopic (exact) mass is 307 g/mol. The molecule has 0 saturated heterocycles. The summed E-state index contributed by atoms with van der Waals surface area (Å²) < 4.78 is 10.5. The fraction of sp³-hybridized carbons (Fsp3) is 0.333. The van der Waals surface area contributed by atoms with E-state index in [2.05, 4.69) is 15.3 Å². The first-order valence-corrected chi connectivity index (χ1v) is 6.92. The number of aryl methyl sites for hydroxylation is 1. The molecule has 0 amide bonds. The molecule has 0 spiro atoms. The van der Waals surface area contributed by atoms with Crippen molar-refractivity contribution in [3.8, 4) is 11.5 Å². The van der Waals surface area contributed by atoms with Crippen molar-refractivity contribution in [3.63, 3.8) is 0 Å². The summed E-state index contributed by atoms with van der Waals surface area (Å²) in [6.07, 6.45) is 1.75. The zero-order valence-corrected chi connectivity index (χ0v) is 13.1. The average molecular weight is 308 g/mol. The summed E-state index contributed by atoms with van der Waals surface area (Å²) in [5, 5.41) is 3.86. The Bertz CT molecular complexity index is 620. The van der Waals surface area contributed by atoms with E-state index in [4.69, 9.17) is 21.1 Å². The maximum Gasteiger partial charge on any atom is 0.179 e. The van der Waals surface area contributed by atoms with Crippen LogP contribution in [0.2, 0.25) is 5.02 Å². The van der Waals surface area contributed by atoms with Gasteiger partial charge < -0.3 is 14.8 Å². The molecule has 2 rings (SSSR count). The van der Waals surface area contributed by atoms with Gasteiger partial charge in [0.15, 0.2) is 11.5 Å². The van der Waals surface area contributed by atoms with E-state index in [-0.39, 0.29) is 0 Å². The van der Waals surface area contributed by atoms with Gasteiger partial charge >= 0.3 is 0 Å². The Labute approximate surface area is 129 Å². The molecule has 112 valence electrons. The number of benzene rings is 1. The number of aromatic nitrogens is 2. The highest BCUT2D eigenvalue weighted by atomic mass is 35.5. The minimum Gasteiger partial charge on any atom is -0.493 e.